The Balaban J connectivity index is 2.10. The summed E-state index contributed by atoms with van der Waals surface area (Å²) in [6.45, 7) is 4.22. The van der Waals surface area contributed by atoms with Gasteiger partial charge in [0.15, 0.2) is 0 Å². The van der Waals surface area contributed by atoms with Crippen LogP contribution < -0.4 is 4.74 Å². The molecule has 0 spiro atoms. The van der Waals surface area contributed by atoms with Crippen LogP contribution in [0.3, 0.4) is 0 Å². The fourth-order valence-electron chi connectivity index (χ4n) is 1.64. The molecule has 0 aliphatic heterocycles. The van der Waals surface area contributed by atoms with E-state index in [1.165, 1.54) is 5.57 Å². The summed E-state index contributed by atoms with van der Waals surface area (Å²) in [4.78, 5) is 0. The molecule has 0 aromatic heterocycles. The van der Waals surface area contributed by atoms with Gasteiger partial charge in [0, 0.05) is 6.42 Å². The van der Waals surface area contributed by atoms with Crippen molar-refractivity contribution in [3.8, 4) is 5.75 Å². The molecule has 78 valence electrons. The topological polar surface area (TPSA) is 9.23 Å². The molecular formula is C14H16O. The lowest BCUT2D eigenvalue weighted by Gasteiger charge is -2.28. The van der Waals surface area contributed by atoms with Crippen molar-refractivity contribution < 1.29 is 4.74 Å². The smallest absolute Gasteiger partial charge is 0.128 e. The Labute approximate surface area is 91.1 Å². The van der Waals surface area contributed by atoms with Crippen LogP contribution in [-0.4, -0.2) is 5.60 Å². The Kier molecular flexibility index (Phi) is 2.63. The van der Waals surface area contributed by atoms with Crippen LogP contribution in [0, 0.1) is 0 Å². The number of para-hydroxylation sites is 1. The van der Waals surface area contributed by atoms with Crippen LogP contribution >= 0.6 is 0 Å². The fraction of sp³-hybridized carbons (Fsp3) is 0.286. The molecule has 0 heterocycles. The lowest BCUT2D eigenvalue weighted by Crippen LogP contribution is -2.30. The van der Waals surface area contributed by atoms with Gasteiger partial charge in [-0.05, 0) is 32.1 Å². The van der Waals surface area contributed by atoms with Gasteiger partial charge in [0.1, 0.15) is 11.4 Å². The van der Waals surface area contributed by atoms with E-state index >= 15 is 0 Å². The maximum Gasteiger partial charge on any atom is 0.128 e. The zero-order chi connectivity index (χ0) is 10.7. The third kappa shape index (κ3) is 2.50. The SMILES string of the molecule is CC1=CCC(C)(Oc2ccccc2)C=C1. The van der Waals surface area contributed by atoms with Crippen LogP contribution in [-0.2, 0) is 0 Å². The lowest BCUT2D eigenvalue weighted by molar-refractivity contribution is 0.142. The second kappa shape index (κ2) is 3.93. The zero-order valence-corrected chi connectivity index (χ0v) is 9.23. The molecule has 1 aromatic rings. The van der Waals surface area contributed by atoms with E-state index in [0.717, 1.165) is 12.2 Å². The van der Waals surface area contributed by atoms with Crippen LogP contribution in [0.5, 0.6) is 5.75 Å². The van der Waals surface area contributed by atoms with Gasteiger partial charge in [0.25, 0.3) is 0 Å². The van der Waals surface area contributed by atoms with E-state index < -0.39 is 0 Å². The molecule has 0 amide bonds. The molecule has 2 rings (SSSR count). The van der Waals surface area contributed by atoms with Crippen LogP contribution in [0.25, 0.3) is 0 Å². The predicted molar refractivity (Wildman–Crippen MR) is 63.0 cm³/mol. The summed E-state index contributed by atoms with van der Waals surface area (Å²) in [5.41, 5.74) is 1.12. The third-order valence-electron chi connectivity index (χ3n) is 2.62. The first kappa shape index (κ1) is 10.0. The molecule has 1 heteroatoms. The average molecular weight is 200 g/mol. The second-order valence-electron chi connectivity index (χ2n) is 4.21. The van der Waals surface area contributed by atoms with Gasteiger partial charge in [-0.1, -0.05) is 35.9 Å². The Hall–Kier alpha value is -1.50. The van der Waals surface area contributed by atoms with Crippen molar-refractivity contribution in [3.05, 3.63) is 54.1 Å². The summed E-state index contributed by atoms with van der Waals surface area (Å²) in [5.74, 6) is 0.928. The monoisotopic (exact) mass is 200 g/mol. The maximum absolute atomic E-state index is 5.96. The molecule has 1 aromatic carbocycles. The number of allylic oxidation sites excluding steroid dienone is 2. The van der Waals surface area contributed by atoms with Crippen molar-refractivity contribution in [2.75, 3.05) is 0 Å². The summed E-state index contributed by atoms with van der Waals surface area (Å²) in [6.07, 6.45) is 7.40. The quantitative estimate of drug-likeness (QED) is 0.706. The van der Waals surface area contributed by atoms with E-state index in [2.05, 4.69) is 32.1 Å². The molecule has 15 heavy (non-hydrogen) atoms. The van der Waals surface area contributed by atoms with E-state index in [9.17, 15) is 0 Å². The first-order valence-corrected chi connectivity index (χ1v) is 5.28. The van der Waals surface area contributed by atoms with E-state index in [-0.39, 0.29) is 5.60 Å². The van der Waals surface area contributed by atoms with Gasteiger partial charge in [0.05, 0.1) is 0 Å². The standard InChI is InChI=1S/C14H16O/c1-12-8-10-14(2,11-9-12)15-13-6-4-3-5-7-13/h3-10H,11H2,1-2H3. The highest BCUT2D eigenvalue weighted by Crippen LogP contribution is 2.26. The third-order valence-corrected chi connectivity index (χ3v) is 2.62. The Morgan fingerprint density at radius 3 is 2.53 bits per heavy atom. The van der Waals surface area contributed by atoms with E-state index in [0.29, 0.717) is 0 Å². The molecular weight excluding hydrogens is 184 g/mol. The largest absolute Gasteiger partial charge is 0.483 e. The Morgan fingerprint density at radius 1 is 1.20 bits per heavy atom. The molecule has 1 unspecified atom stereocenters. The van der Waals surface area contributed by atoms with Gasteiger partial charge in [-0.25, -0.2) is 0 Å². The molecule has 1 nitrogen and oxygen atoms in total. The highest BCUT2D eigenvalue weighted by atomic mass is 16.5. The van der Waals surface area contributed by atoms with Gasteiger partial charge in [0.2, 0.25) is 0 Å². The highest BCUT2D eigenvalue weighted by molar-refractivity contribution is 5.29. The van der Waals surface area contributed by atoms with Crippen molar-refractivity contribution in [1.82, 2.24) is 0 Å². The second-order valence-corrected chi connectivity index (χ2v) is 4.21. The lowest BCUT2D eigenvalue weighted by atomic mass is 9.94. The number of benzene rings is 1. The molecule has 0 N–H and O–H groups in total. The normalized spacial score (nSPS) is 24.8. The van der Waals surface area contributed by atoms with Gasteiger partial charge >= 0.3 is 0 Å². The first-order valence-electron chi connectivity index (χ1n) is 5.28. The molecule has 0 saturated carbocycles. The van der Waals surface area contributed by atoms with Crippen molar-refractivity contribution in [3.63, 3.8) is 0 Å². The number of hydrogen-bond acceptors (Lipinski definition) is 1. The number of hydrogen-bond donors (Lipinski definition) is 0. The summed E-state index contributed by atoms with van der Waals surface area (Å²) in [6, 6.07) is 9.96. The predicted octanol–water partition coefficient (Wildman–Crippen LogP) is 3.73. The Morgan fingerprint density at radius 2 is 1.93 bits per heavy atom. The maximum atomic E-state index is 5.96. The van der Waals surface area contributed by atoms with E-state index in [4.69, 9.17) is 4.74 Å². The minimum atomic E-state index is -0.194. The van der Waals surface area contributed by atoms with Crippen molar-refractivity contribution in [2.24, 2.45) is 0 Å². The van der Waals surface area contributed by atoms with Gasteiger partial charge in [-0.15, -0.1) is 0 Å². The minimum absolute atomic E-state index is 0.194. The molecule has 0 fully saturated rings. The minimum Gasteiger partial charge on any atom is -0.483 e. The van der Waals surface area contributed by atoms with Crippen LogP contribution in [0.1, 0.15) is 20.3 Å². The molecule has 0 radical (unpaired) electrons. The summed E-state index contributed by atoms with van der Waals surface area (Å²) in [5, 5.41) is 0. The average Bonchev–Trinajstić information content (AvgIpc) is 2.24. The first-order chi connectivity index (χ1) is 7.18. The van der Waals surface area contributed by atoms with Gasteiger partial charge in [-0.2, -0.15) is 0 Å². The van der Waals surface area contributed by atoms with Crippen molar-refractivity contribution in [2.45, 2.75) is 25.9 Å². The highest BCUT2D eigenvalue weighted by Gasteiger charge is 2.23. The molecule has 1 aliphatic carbocycles. The summed E-state index contributed by atoms with van der Waals surface area (Å²) < 4.78 is 5.96. The fourth-order valence-corrected chi connectivity index (χ4v) is 1.64. The van der Waals surface area contributed by atoms with Gasteiger partial charge < -0.3 is 4.74 Å². The Bertz CT molecular complexity index is 389. The number of ether oxygens (including phenoxy) is 1. The molecule has 0 bridgehead atoms. The molecule has 1 atom stereocenters. The summed E-state index contributed by atoms with van der Waals surface area (Å²) in [7, 11) is 0. The summed E-state index contributed by atoms with van der Waals surface area (Å²) >= 11 is 0. The molecule has 1 aliphatic rings. The zero-order valence-electron chi connectivity index (χ0n) is 9.23. The van der Waals surface area contributed by atoms with Crippen molar-refractivity contribution in [1.29, 1.82) is 0 Å². The molecule has 0 saturated heterocycles. The van der Waals surface area contributed by atoms with Crippen LogP contribution in [0.15, 0.2) is 54.1 Å². The van der Waals surface area contributed by atoms with Crippen molar-refractivity contribution >= 4 is 0 Å². The van der Waals surface area contributed by atoms with E-state index in [1.807, 2.05) is 30.3 Å². The number of rotatable bonds is 2. The van der Waals surface area contributed by atoms with Crippen LogP contribution in [0.4, 0.5) is 0 Å². The van der Waals surface area contributed by atoms with E-state index in [1.54, 1.807) is 0 Å². The van der Waals surface area contributed by atoms with Gasteiger partial charge in [-0.3, -0.25) is 0 Å². The van der Waals surface area contributed by atoms with Crippen LogP contribution in [0.2, 0.25) is 0 Å².